The molecule has 0 saturated carbocycles. The van der Waals surface area contributed by atoms with Gasteiger partial charge in [0.25, 0.3) is 0 Å². The number of benzene rings is 2. The Bertz CT molecular complexity index is 1700. The number of hydrogen-bond donors (Lipinski definition) is 2. The van der Waals surface area contributed by atoms with E-state index < -0.39 is 17.2 Å². The highest BCUT2D eigenvalue weighted by molar-refractivity contribution is 5.81. The first-order valence-corrected chi connectivity index (χ1v) is 14.5. The van der Waals surface area contributed by atoms with Crippen molar-refractivity contribution in [3.8, 4) is 22.4 Å². The van der Waals surface area contributed by atoms with Crippen LogP contribution in [0.1, 0.15) is 24.0 Å². The third kappa shape index (κ3) is 6.57. The van der Waals surface area contributed by atoms with Crippen molar-refractivity contribution in [1.82, 2.24) is 39.7 Å². The van der Waals surface area contributed by atoms with Crippen LogP contribution in [0.2, 0.25) is 0 Å². The van der Waals surface area contributed by atoms with Gasteiger partial charge >= 0.3 is 0 Å². The molecule has 4 heterocycles. The number of rotatable bonds is 10. The number of aromatic nitrogens is 6. The first-order valence-electron chi connectivity index (χ1n) is 14.5. The zero-order valence-corrected chi connectivity index (χ0v) is 24.2. The standard InChI is InChI=1S/C32H33F3N8O/c1-41-17-28(31(40-41)22-2-4-24(33)5-3-22)27-8-11-36-15-23(27)16-38-26-9-12-42(13-10-26)18-32(44,19-43-21-37-20-39-43)29-7-6-25(34)14-30(29)35/h2-8,11,14-15,17,20-21,26,38,44H,9-10,12-13,16,18-19H2,1H3/t32-/m0/s1. The van der Waals surface area contributed by atoms with Gasteiger partial charge < -0.3 is 10.4 Å². The molecule has 5 aromatic rings. The maximum atomic E-state index is 14.8. The van der Waals surface area contributed by atoms with Crippen LogP contribution in [0, 0.1) is 17.5 Å². The number of hydrogen-bond acceptors (Lipinski definition) is 7. The van der Waals surface area contributed by atoms with Gasteiger partial charge in [0.05, 0.1) is 6.54 Å². The molecule has 0 bridgehead atoms. The highest BCUT2D eigenvalue weighted by Crippen LogP contribution is 2.33. The summed E-state index contributed by atoms with van der Waals surface area (Å²) in [5.41, 5.74) is 2.93. The molecule has 1 aliphatic rings. The van der Waals surface area contributed by atoms with Gasteiger partial charge in [-0.15, -0.1) is 0 Å². The van der Waals surface area contributed by atoms with Crippen LogP contribution in [0.15, 0.2) is 79.8 Å². The third-order valence-corrected chi connectivity index (χ3v) is 8.12. The molecule has 12 heteroatoms. The van der Waals surface area contributed by atoms with Gasteiger partial charge in [0.2, 0.25) is 0 Å². The largest absolute Gasteiger partial charge is 0.382 e. The van der Waals surface area contributed by atoms with E-state index in [-0.39, 0.29) is 30.5 Å². The van der Waals surface area contributed by atoms with E-state index in [2.05, 4.69) is 30.4 Å². The average molecular weight is 603 g/mol. The molecule has 0 radical (unpaired) electrons. The van der Waals surface area contributed by atoms with E-state index in [9.17, 15) is 18.3 Å². The topological polar surface area (TPSA) is 96.9 Å². The van der Waals surface area contributed by atoms with E-state index in [1.165, 1.54) is 35.5 Å². The van der Waals surface area contributed by atoms with Crippen LogP contribution in [-0.4, -0.2) is 65.2 Å². The molecule has 2 N–H and O–H groups in total. The summed E-state index contributed by atoms with van der Waals surface area (Å²) in [5.74, 6) is -1.80. The second kappa shape index (κ2) is 12.7. The molecule has 0 unspecified atom stereocenters. The number of pyridine rings is 1. The summed E-state index contributed by atoms with van der Waals surface area (Å²) in [6.45, 7) is 2.07. The van der Waals surface area contributed by atoms with Crippen LogP contribution in [0.4, 0.5) is 13.2 Å². The van der Waals surface area contributed by atoms with E-state index in [0.717, 1.165) is 52.9 Å². The number of nitrogens with zero attached hydrogens (tertiary/aromatic N) is 7. The van der Waals surface area contributed by atoms with Crippen LogP contribution in [0.5, 0.6) is 0 Å². The lowest BCUT2D eigenvalue weighted by Crippen LogP contribution is -2.49. The van der Waals surface area contributed by atoms with Crippen molar-refractivity contribution in [3.63, 3.8) is 0 Å². The summed E-state index contributed by atoms with van der Waals surface area (Å²) < 4.78 is 45.3. The highest BCUT2D eigenvalue weighted by atomic mass is 19.1. The lowest BCUT2D eigenvalue weighted by atomic mass is 9.91. The Morgan fingerprint density at radius 2 is 1.73 bits per heavy atom. The van der Waals surface area contributed by atoms with Crippen LogP contribution in [0.3, 0.4) is 0 Å². The summed E-state index contributed by atoms with van der Waals surface area (Å²) in [6.07, 6.45) is 10.0. The van der Waals surface area contributed by atoms with Crippen LogP contribution in [0.25, 0.3) is 22.4 Å². The van der Waals surface area contributed by atoms with E-state index >= 15 is 0 Å². The third-order valence-electron chi connectivity index (χ3n) is 8.12. The molecule has 0 spiro atoms. The predicted octanol–water partition coefficient (Wildman–Crippen LogP) is 4.30. The van der Waals surface area contributed by atoms with Crippen molar-refractivity contribution in [2.24, 2.45) is 7.05 Å². The minimum atomic E-state index is -1.64. The Labute approximate surface area is 253 Å². The van der Waals surface area contributed by atoms with Crippen LogP contribution < -0.4 is 5.32 Å². The number of β-amino-alcohol motifs (C(OH)–C–C–N with tert-alkyl or cyclic N) is 1. The van der Waals surface area contributed by atoms with Crippen molar-refractivity contribution in [3.05, 3.63) is 108 Å². The minimum Gasteiger partial charge on any atom is -0.382 e. The molecule has 228 valence electrons. The molecule has 1 aliphatic heterocycles. The highest BCUT2D eigenvalue weighted by Gasteiger charge is 2.36. The normalized spacial score (nSPS) is 15.8. The van der Waals surface area contributed by atoms with Crippen molar-refractivity contribution >= 4 is 0 Å². The molecular weight excluding hydrogens is 569 g/mol. The fourth-order valence-corrected chi connectivity index (χ4v) is 5.93. The molecule has 1 saturated heterocycles. The second-order valence-corrected chi connectivity index (χ2v) is 11.3. The fourth-order valence-electron chi connectivity index (χ4n) is 5.93. The molecule has 3 aromatic heterocycles. The van der Waals surface area contributed by atoms with Crippen molar-refractivity contribution < 1.29 is 18.3 Å². The number of halogens is 3. The second-order valence-electron chi connectivity index (χ2n) is 11.3. The van der Waals surface area contributed by atoms with Gasteiger partial charge in [-0.2, -0.15) is 10.2 Å². The number of aliphatic hydroxyl groups is 1. The maximum absolute atomic E-state index is 14.8. The quantitative estimate of drug-likeness (QED) is 0.246. The molecule has 44 heavy (non-hydrogen) atoms. The zero-order valence-electron chi connectivity index (χ0n) is 24.2. The average Bonchev–Trinajstić information content (AvgIpc) is 3.66. The number of aryl methyl sites for hydroxylation is 1. The molecule has 2 aromatic carbocycles. The van der Waals surface area contributed by atoms with Gasteiger partial charge in [-0.1, -0.05) is 6.07 Å². The Kier molecular flexibility index (Phi) is 8.56. The SMILES string of the molecule is Cn1cc(-c2ccncc2CNC2CCN(C[C@](O)(Cn3cncn3)c3ccc(F)cc3F)CC2)c(-c2ccc(F)cc2)n1. The summed E-state index contributed by atoms with van der Waals surface area (Å²) in [6, 6.07) is 11.7. The molecule has 0 aliphatic carbocycles. The van der Waals surface area contributed by atoms with E-state index in [1.54, 1.807) is 23.0 Å². The molecular formula is C32H33F3N8O. The number of likely N-dealkylation sites (tertiary alicyclic amines) is 1. The monoisotopic (exact) mass is 602 g/mol. The van der Waals surface area contributed by atoms with Crippen molar-refractivity contribution in [2.75, 3.05) is 19.6 Å². The summed E-state index contributed by atoms with van der Waals surface area (Å²) >= 11 is 0. The minimum absolute atomic E-state index is 0.0221. The Morgan fingerprint density at radius 1 is 0.955 bits per heavy atom. The van der Waals surface area contributed by atoms with Crippen molar-refractivity contribution in [1.29, 1.82) is 0 Å². The zero-order chi connectivity index (χ0) is 30.7. The first kappa shape index (κ1) is 29.7. The van der Waals surface area contributed by atoms with Gasteiger partial charge in [0.15, 0.2) is 0 Å². The van der Waals surface area contributed by atoms with Gasteiger partial charge in [-0.05, 0) is 73.5 Å². The fraction of sp³-hybridized carbons (Fsp3) is 0.312. The lowest BCUT2D eigenvalue weighted by Gasteiger charge is -2.38. The van der Waals surface area contributed by atoms with Gasteiger partial charge in [-0.3, -0.25) is 14.6 Å². The van der Waals surface area contributed by atoms with E-state index in [1.807, 2.05) is 25.5 Å². The summed E-state index contributed by atoms with van der Waals surface area (Å²) in [5, 5.41) is 24.1. The van der Waals surface area contributed by atoms with Gasteiger partial charge in [0.1, 0.15) is 41.4 Å². The first-order chi connectivity index (χ1) is 21.3. The number of piperidine rings is 1. The smallest absolute Gasteiger partial charge is 0.137 e. The number of nitrogens with one attached hydrogen (secondary N) is 1. The molecule has 1 fully saturated rings. The summed E-state index contributed by atoms with van der Waals surface area (Å²) in [4.78, 5) is 10.4. The van der Waals surface area contributed by atoms with Gasteiger partial charge in [0, 0.05) is 67.5 Å². The Morgan fingerprint density at radius 3 is 2.45 bits per heavy atom. The van der Waals surface area contributed by atoms with Crippen molar-refractivity contribution in [2.45, 2.75) is 37.6 Å². The van der Waals surface area contributed by atoms with E-state index in [0.29, 0.717) is 19.6 Å². The van der Waals surface area contributed by atoms with E-state index in [4.69, 9.17) is 0 Å². The maximum Gasteiger partial charge on any atom is 0.137 e. The summed E-state index contributed by atoms with van der Waals surface area (Å²) in [7, 11) is 1.86. The molecule has 9 nitrogen and oxygen atoms in total. The molecule has 1 atom stereocenters. The molecule has 0 amide bonds. The van der Waals surface area contributed by atoms with Gasteiger partial charge in [-0.25, -0.2) is 22.8 Å². The Balaban J connectivity index is 1.12. The van der Waals surface area contributed by atoms with Crippen LogP contribution in [-0.2, 0) is 25.7 Å². The predicted molar refractivity (Wildman–Crippen MR) is 158 cm³/mol. The Hall–Kier alpha value is -4.39. The lowest BCUT2D eigenvalue weighted by molar-refractivity contribution is -0.0272. The molecule has 6 rings (SSSR count). The van der Waals surface area contributed by atoms with Crippen LogP contribution >= 0.6 is 0 Å².